The maximum atomic E-state index is 11.9. The molecular weight excluding hydrogens is 230 g/mol. The van der Waals surface area contributed by atoms with Crippen LogP contribution in [-0.2, 0) is 4.79 Å². The lowest BCUT2D eigenvalue weighted by molar-refractivity contribution is -0.123. The Labute approximate surface area is 110 Å². The standard InChI is InChI=1S/C13H27N3O2/c1-5-11(12(14)16-18)13(17)15-10(4)8-6-7-9(2)3/h9-11,18H,5-8H2,1-4H3,(H2,14,16)(H,15,17). The van der Waals surface area contributed by atoms with Crippen molar-refractivity contribution in [2.24, 2.45) is 22.7 Å². The average molecular weight is 257 g/mol. The average Bonchev–Trinajstić information content (AvgIpc) is 2.28. The molecule has 18 heavy (non-hydrogen) atoms. The first-order valence-corrected chi connectivity index (χ1v) is 6.70. The van der Waals surface area contributed by atoms with Crippen molar-refractivity contribution < 1.29 is 10.0 Å². The predicted molar refractivity (Wildman–Crippen MR) is 73.5 cm³/mol. The molecule has 0 aromatic carbocycles. The van der Waals surface area contributed by atoms with Gasteiger partial charge >= 0.3 is 0 Å². The van der Waals surface area contributed by atoms with Gasteiger partial charge < -0.3 is 16.3 Å². The lowest BCUT2D eigenvalue weighted by Crippen LogP contribution is -2.42. The number of nitrogens with two attached hydrogens (primary N) is 1. The number of amides is 1. The van der Waals surface area contributed by atoms with E-state index in [1.165, 1.54) is 0 Å². The Morgan fingerprint density at radius 1 is 1.33 bits per heavy atom. The van der Waals surface area contributed by atoms with Crippen LogP contribution in [0, 0.1) is 11.8 Å². The molecule has 0 spiro atoms. The maximum absolute atomic E-state index is 11.9. The molecule has 4 N–H and O–H groups in total. The molecule has 0 saturated carbocycles. The van der Waals surface area contributed by atoms with Crippen LogP contribution < -0.4 is 11.1 Å². The van der Waals surface area contributed by atoms with Gasteiger partial charge in [0, 0.05) is 6.04 Å². The second kappa shape index (κ2) is 8.78. The fraction of sp³-hybridized carbons (Fsp3) is 0.846. The van der Waals surface area contributed by atoms with Gasteiger partial charge in [-0.05, 0) is 25.7 Å². The third-order valence-electron chi connectivity index (χ3n) is 3.00. The van der Waals surface area contributed by atoms with Gasteiger partial charge in [0.2, 0.25) is 5.91 Å². The number of amidine groups is 1. The highest BCUT2D eigenvalue weighted by Crippen LogP contribution is 2.09. The number of carbonyl (C=O) groups is 1. The van der Waals surface area contributed by atoms with Gasteiger partial charge in [0.1, 0.15) is 0 Å². The van der Waals surface area contributed by atoms with Crippen LogP contribution in [0.25, 0.3) is 0 Å². The second-order valence-corrected chi connectivity index (χ2v) is 5.22. The molecule has 106 valence electrons. The fourth-order valence-electron chi connectivity index (χ4n) is 1.85. The zero-order valence-corrected chi connectivity index (χ0v) is 11.9. The van der Waals surface area contributed by atoms with Gasteiger partial charge in [0.05, 0.1) is 5.92 Å². The van der Waals surface area contributed by atoms with Gasteiger partial charge in [-0.3, -0.25) is 4.79 Å². The summed E-state index contributed by atoms with van der Waals surface area (Å²) in [5.41, 5.74) is 5.48. The van der Waals surface area contributed by atoms with Crippen molar-refractivity contribution in [3.63, 3.8) is 0 Å². The Kier molecular flexibility index (Phi) is 8.16. The van der Waals surface area contributed by atoms with E-state index >= 15 is 0 Å². The van der Waals surface area contributed by atoms with Gasteiger partial charge in [-0.1, -0.05) is 38.8 Å². The molecule has 0 heterocycles. The summed E-state index contributed by atoms with van der Waals surface area (Å²) in [6.07, 6.45) is 3.74. The van der Waals surface area contributed by atoms with Gasteiger partial charge in [-0.15, -0.1) is 0 Å². The van der Waals surface area contributed by atoms with Crippen molar-refractivity contribution in [1.29, 1.82) is 0 Å². The molecule has 5 heteroatoms. The van der Waals surface area contributed by atoms with E-state index in [0.717, 1.165) is 19.3 Å². The first-order chi connectivity index (χ1) is 8.42. The number of carbonyl (C=O) groups excluding carboxylic acids is 1. The Bertz CT molecular complexity index is 277. The highest BCUT2D eigenvalue weighted by molar-refractivity contribution is 6.02. The van der Waals surface area contributed by atoms with Crippen LogP contribution in [0.1, 0.15) is 53.4 Å². The normalized spacial score (nSPS) is 15.5. The Morgan fingerprint density at radius 2 is 1.94 bits per heavy atom. The van der Waals surface area contributed by atoms with E-state index < -0.39 is 5.92 Å². The van der Waals surface area contributed by atoms with E-state index in [0.29, 0.717) is 12.3 Å². The lowest BCUT2D eigenvalue weighted by Gasteiger charge is -2.18. The molecule has 1 amide bonds. The van der Waals surface area contributed by atoms with Crippen molar-refractivity contribution in [3.8, 4) is 0 Å². The van der Waals surface area contributed by atoms with Crippen LogP contribution in [0.5, 0.6) is 0 Å². The zero-order chi connectivity index (χ0) is 14.1. The third-order valence-corrected chi connectivity index (χ3v) is 3.00. The number of nitrogens with one attached hydrogen (secondary N) is 1. The van der Waals surface area contributed by atoms with Gasteiger partial charge in [0.25, 0.3) is 0 Å². The highest BCUT2D eigenvalue weighted by Gasteiger charge is 2.22. The third kappa shape index (κ3) is 6.47. The van der Waals surface area contributed by atoms with E-state index in [1.54, 1.807) is 0 Å². The molecule has 0 saturated heterocycles. The first kappa shape index (κ1) is 16.7. The fourth-order valence-corrected chi connectivity index (χ4v) is 1.85. The van der Waals surface area contributed by atoms with E-state index in [-0.39, 0.29) is 17.8 Å². The maximum Gasteiger partial charge on any atom is 0.231 e. The van der Waals surface area contributed by atoms with Gasteiger partial charge in [0.15, 0.2) is 5.84 Å². The first-order valence-electron chi connectivity index (χ1n) is 6.70. The largest absolute Gasteiger partial charge is 0.409 e. The SMILES string of the molecule is CCC(C(=O)NC(C)CCCC(C)C)C(N)=NO. The zero-order valence-electron chi connectivity index (χ0n) is 11.9. The lowest BCUT2D eigenvalue weighted by atomic mass is 10.0. The summed E-state index contributed by atoms with van der Waals surface area (Å²) in [5, 5.41) is 14.4. The molecule has 2 unspecified atom stereocenters. The number of nitrogens with zero attached hydrogens (tertiary/aromatic N) is 1. The summed E-state index contributed by atoms with van der Waals surface area (Å²) in [7, 11) is 0. The van der Waals surface area contributed by atoms with Crippen LogP contribution in [0.3, 0.4) is 0 Å². The Morgan fingerprint density at radius 3 is 2.39 bits per heavy atom. The molecule has 0 aromatic heterocycles. The summed E-state index contributed by atoms with van der Waals surface area (Å²) >= 11 is 0. The summed E-state index contributed by atoms with van der Waals surface area (Å²) in [6, 6.07) is 0.122. The minimum atomic E-state index is -0.539. The van der Waals surface area contributed by atoms with Crippen LogP contribution in [0.2, 0.25) is 0 Å². The van der Waals surface area contributed by atoms with E-state index in [1.807, 2.05) is 13.8 Å². The molecule has 5 nitrogen and oxygen atoms in total. The molecule has 0 bridgehead atoms. The van der Waals surface area contributed by atoms with E-state index in [4.69, 9.17) is 10.9 Å². The minimum Gasteiger partial charge on any atom is -0.409 e. The smallest absolute Gasteiger partial charge is 0.231 e. The second-order valence-electron chi connectivity index (χ2n) is 5.22. The number of hydrogen-bond acceptors (Lipinski definition) is 3. The van der Waals surface area contributed by atoms with Gasteiger partial charge in [-0.25, -0.2) is 0 Å². The molecule has 0 aliphatic rings. The molecule has 0 rings (SSSR count). The van der Waals surface area contributed by atoms with Crippen molar-refractivity contribution in [2.75, 3.05) is 0 Å². The Balaban J connectivity index is 4.12. The van der Waals surface area contributed by atoms with Crippen LogP contribution in [0.4, 0.5) is 0 Å². The van der Waals surface area contributed by atoms with E-state index in [9.17, 15) is 4.79 Å². The minimum absolute atomic E-state index is 0.0237. The van der Waals surface area contributed by atoms with Crippen molar-refractivity contribution >= 4 is 11.7 Å². The molecule has 0 aromatic rings. The molecule has 0 fully saturated rings. The van der Waals surface area contributed by atoms with Crippen molar-refractivity contribution in [1.82, 2.24) is 5.32 Å². The monoisotopic (exact) mass is 257 g/mol. The summed E-state index contributed by atoms with van der Waals surface area (Å²) in [5.74, 6) is -0.0368. The highest BCUT2D eigenvalue weighted by atomic mass is 16.4. The molecular formula is C13H27N3O2. The molecule has 0 aliphatic heterocycles. The van der Waals surface area contributed by atoms with Crippen LogP contribution >= 0.6 is 0 Å². The number of hydrogen-bond donors (Lipinski definition) is 3. The summed E-state index contributed by atoms with van der Waals surface area (Å²) in [6.45, 7) is 8.20. The summed E-state index contributed by atoms with van der Waals surface area (Å²) in [4.78, 5) is 11.9. The summed E-state index contributed by atoms with van der Waals surface area (Å²) < 4.78 is 0. The van der Waals surface area contributed by atoms with E-state index in [2.05, 4.69) is 24.3 Å². The molecule has 2 atom stereocenters. The quantitative estimate of drug-likeness (QED) is 0.269. The van der Waals surface area contributed by atoms with Crippen molar-refractivity contribution in [2.45, 2.75) is 59.4 Å². The van der Waals surface area contributed by atoms with Gasteiger partial charge in [-0.2, -0.15) is 0 Å². The van der Waals surface area contributed by atoms with Crippen LogP contribution in [0.15, 0.2) is 5.16 Å². The number of oxime groups is 1. The van der Waals surface area contributed by atoms with Crippen molar-refractivity contribution in [3.05, 3.63) is 0 Å². The van der Waals surface area contributed by atoms with Crippen LogP contribution in [-0.4, -0.2) is 23.0 Å². The number of rotatable bonds is 8. The molecule has 0 aliphatic carbocycles. The topological polar surface area (TPSA) is 87.7 Å². The predicted octanol–water partition coefficient (Wildman–Crippen LogP) is 2.09. The molecule has 0 radical (unpaired) electrons. The Hall–Kier alpha value is -1.26.